The molecule has 0 N–H and O–H groups in total. The van der Waals surface area contributed by atoms with Gasteiger partial charge >= 0.3 is 230 Å². The summed E-state index contributed by atoms with van der Waals surface area (Å²) in [6.45, 7) is 0.966. The molecule has 4 aromatic rings. The van der Waals surface area contributed by atoms with Gasteiger partial charge in [-0.25, -0.2) is 0 Å². The molecular formula is C36H32FeNO2P. The number of hydrogen-bond donors (Lipinski definition) is 0. The third-order valence-corrected chi connectivity index (χ3v) is 72.0. The van der Waals surface area contributed by atoms with E-state index in [9.17, 15) is 0 Å². The second kappa shape index (κ2) is 3.05. The van der Waals surface area contributed by atoms with Crippen molar-refractivity contribution in [2.45, 2.75) is 66.8 Å². The zero-order chi connectivity index (χ0) is 26.7. The molecule has 41 heavy (non-hydrogen) atoms. The number of aliphatic imine (C=N–C) groups is 1. The van der Waals surface area contributed by atoms with E-state index in [2.05, 4.69) is 98.8 Å². The molecule has 11 aliphatic rings. The Morgan fingerprint density at radius 3 is 1.78 bits per heavy atom. The van der Waals surface area contributed by atoms with Gasteiger partial charge in [0.2, 0.25) is 0 Å². The summed E-state index contributed by atoms with van der Waals surface area (Å²) in [4.78, 5) is 13.2. The number of nitrogens with zero attached hydrogens (tertiary/aromatic N) is 1. The first-order valence-corrected chi connectivity index (χ1v) is 23.7. The molecular weight excluding hydrogens is 565 g/mol. The van der Waals surface area contributed by atoms with Crippen LogP contribution in [0.4, 0.5) is 0 Å². The van der Waals surface area contributed by atoms with Gasteiger partial charge in [-0.15, -0.1) is 0 Å². The molecule has 11 aliphatic heterocycles. The van der Waals surface area contributed by atoms with E-state index in [-0.39, 0.29) is 14.4 Å². The van der Waals surface area contributed by atoms with E-state index in [4.69, 9.17) is 9.73 Å². The van der Waals surface area contributed by atoms with Crippen LogP contribution in [0, 0.1) is 5.92 Å². The summed E-state index contributed by atoms with van der Waals surface area (Å²) >= 11 is 0. The van der Waals surface area contributed by atoms with Gasteiger partial charge in [0.15, 0.2) is 0 Å². The van der Waals surface area contributed by atoms with Crippen LogP contribution >= 0.6 is 7.14 Å². The molecule has 15 rings (SSSR count). The summed E-state index contributed by atoms with van der Waals surface area (Å²) in [6.07, 6.45) is 0. The van der Waals surface area contributed by atoms with Gasteiger partial charge in [-0.3, -0.25) is 0 Å². The Bertz CT molecular complexity index is 2470. The summed E-state index contributed by atoms with van der Waals surface area (Å²) in [7, 11) is -3.11. The van der Waals surface area contributed by atoms with Crippen LogP contribution < -0.4 is 10.6 Å². The molecule has 206 valence electrons. The van der Waals surface area contributed by atoms with Gasteiger partial charge < -0.3 is 0 Å². The van der Waals surface area contributed by atoms with E-state index in [0.717, 1.165) is 45.1 Å². The Balaban J connectivity index is 1.16. The number of benzene rings is 4. The van der Waals surface area contributed by atoms with Gasteiger partial charge in [0.25, 0.3) is 0 Å². The van der Waals surface area contributed by atoms with Gasteiger partial charge in [-0.2, -0.15) is 0 Å². The first-order valence-electron chi connectivity index (χ1n) is 15.8. The van der Waals surface area contributed by atoms with Crippen LogP contribution in [0.3, 0.4) is 0 Å². The molecule has 11 heterocycles. The third-order valence-electron chi connectivity index (χ3n) is 21.2. The zero-order valence-electron chi connectivity index (χ0n) is 23.1. The molecule has 10 saturated heterocycles. The van der Waals surface area contributed by atoms with E-state index < -0.39 is 13.7 Å². The predicted molar refractivity (Wildman–Crippen MR) is 162 cm³/mol. The predicted octanol–water partition coefficient (Wildman–Crippen LogP) is 8.43. The van der Waals surface area contributed by atoms with Gasteiger partial charge in [0.05, 0.1) is 0 Å². The van der Waals surface area contributed by atoms with Gasteiger partial charge in [-0.05, 0) is 0 Å². The molecule has 10 fully saturated rings. The number of ether oxygens (including phenoxy) is 1. The molecule has 0 bridgehead atoms. The van der Waals surface area contributed by atoms with Gasteiger partial charge in [0.1, 0.15) is 0 Å². The second-order valence-electron chi connectivity index (χ2n) is 17.9. The van der Waals surface area contributed by atoms with Crippen molar-refractivity contribution in [3.8, 4) is 0 Å². The van der Waals surface area contributed by atoms with Crippen LogP contribution in [0.15, 0.2) is 89.9 Å². The standard InChI is InChI=1S/C31H27NO2P.C5H5.Fe/c1-21(2)27-20-34-31(32-27)26-16-9-19-30(26)35(33,28-17-7-12-22-10-3-5-14-24(22)28)29-18-8-13-23-11-4-6-15-25(23)29;1-2-4-5-3-1;/h3-19,21,27H,20H2,1-2H3;1-5H;/t27-;;/m1../s1. The van der Waals surface area contributed by atoms with E-state index in [1.807, 2.05) is 0 Å². The van der Waals surface area contributed by atoms with Crippen LogP contribution in [0.5, 0.6) is 0 Å². The zero-order valence-corrected chi connectivity index (χ0v) is 25.1. The summed E-state index contributed by atoms with van der Waals surface area (Å²) in [5.74, 6) is 1.65. The van der Waals surface area contributed by atoms with Crippen molar-refractivity contribution in [3.05, 3.63) is 84.9 Å². The fraction of sp³-hybridized carbons (Fsp3) is 0.417. The van der Waals surface area contributed by atoms with Crippen molar-refractivity contribution in [2.24, 2.45) is 10.9 Å². The summed E-state index contributed by atoms with van der Waals surface area (Å²) < 4.78 is 24.5. The maximum absolute atomic E-state index is 17.5. The molecule has 0 saturated carbocycles. The quantitative estimate of drug-likeness (QED) is 0.171. The normalized spacial score (nSPS) is 62.2. The van der Waals surface area contributed by atoms with Gasteiger partial charge in [0, 0.05) is 0 Å². The van der Waals surface area contributed by atoms with E-state index in [1.165, 1.54) is 38.1 Å². The minimum absolute atomic E-state index is 0.0159. The number of hydrogen-bond acceptors (Lipinski definition) is 3. The summed E-state index contributed by atoms with van der Waals surface area (Å²) in [5.41, 5.74) is 0. The molecule has 4 aromatic carbocycles. The van der Waals surface area contributed by atoms with Gasteiger partial charge in [-0.1, -0.05) is 0 Å². The molecule has 1 spiro atoms. The Morgan fingerprint density at radius 1 is 0.756 bits per heavy atom. The SMILES string of the molecule is CC(C)[C@H]1COC([C]23[CH]4[CH]5[CH]6[C]2(P(=O)(c2cccc7ccccc27)c2cccc7ccccc27)[Fe]54632789[CH]3[CH]2[CH]7[CH]8[CH]39)=N1. The Kier molecular flexibility index (Phi) is 1.47. The van der Waals surface area contributed by atoms with E-state index >= 15 is 4.57 Å². The summed E-state index contributed by atoms with van der Waals surface area (Å²) in [5, 5.41) is 7.20. The number of fused-ring (bicyclic) bond motifs is 12. The van der Waals surface area contributed by atoms with Crippen molar-refractivity contribution < 1.29 is 15.8 Å². The van der Waals surface area contributed by atoms with Crippen LogP contribution in [-0.2, 0) is 15.8 Å². The molecule has 6 atom stereocenters. The molecule has 0 aliphatic carbocycles. The molecule has 3 nitrogen and oxygen atoms in total. The second-order valence-corrected chi connectivity index (χ2v) is 44.4. The van der Waals surface area contributed by atoms with E-state index in [1.54, 1.807) is 0 Å². The first kappa shape index (κ1) is 19.7. The van der Waals surface area contributed by atoms with Crippen LogP contribution in [0.2, 0.25) is 42.8 Å². The average molecular weight is 597 g/mol. The first-order chi connectivity index (χ1) is 19.8. The Labute approximate surface area is 229 Å². The molecule has 0 radical (unpaired) electrons. The topological polar surface area (TPSA) is 38.7 Å². The molecule has 0 amide bonds. The fourth-order valence-electron chi connectivity index (χ4n) is 22.3. The van der Waals surface area contributed by atoms with Crippen molar-refractivity contribution in [2.75, 3.05) is 6.61 Å². The Morgan fingerprint density at radius 2 is 1.29 bits per heavy atom. The van der Waals surface area contributed by atoms with Crippen LogP contribution in [0.1, 0.15) is 13.8 Å². The van der Waals surface area contributed by atoms with Crippen molar-refractivity contribution >= 4 is 45.2 Å². The van der Waals surface area contributed by atoms with Crippen molar-refractivity contribution in [1.29, 1.82) is 0 Å². The minimum atomic E-state index is -4.37. The molecule has 5 heteroatoms. The van der Waals surface area contributed by atoms with Crippen molar-refractivity contribution in [1.82, 2.24) is 0 Å². The number of rotatable bonds is 5. The monoisotopic (exact) mass is 597 g/mol. The maximum atomic E-state index is 17.5. The fourth-order valence-corrected chi connectivity index (χ4v) is 115. The summed E-state index contributed by atoms with van der Waals surface area (Å²) in [6, 6.07) is 31.2. The molecule has 5 unspecified atom stereocenters. The van der Waals surface area contributed by atoms with Crippen LogP contribution in [0.25, 0.3) is 21.5 Å². The van der Waals surface area contributed by atoms with Crippen molar-refractivity contribution in [3.63, 3.8) is 0 Å². The van der Waals surface area contributed by atoms with E-state index in [0.29, 0.717) is 5.92 Å². The molecule has 0 aromatic heterocycles. The average Bonchev–Trinajstić information content (AvgIpc) is 3.88. The van der Waals surface area contributed by atoms with Crippen LogP contribution in [-0.4, -0.2) is 22.6 Å². The third kappa shape index (κ3) is 0.508. The Hall–Kier alpha value is -2.38.